The molecule has 0 atom stereocenters. The molecular weight excluding hydrogens is 272 g/mol. The van der Waals surface area contributed by atoms with Crippen LogP contribution in [0.3, 0.4) is 0 Å². The minimum absolute atomic E-state index is 0.0189. The van der Waals surface area contributed by atoms with Gasteiger partial charge in [0.25, 0.3) is 0 Å². The van der Waals surface area contributed by atoms with Crippen LogP contribution in [0.1, 0.15) is 27.0 Å². The lowest BCUT2D eigenvalue weighted by atomic mass is 10.1. The van der Waals surface area contributed by atoms with Crippen molar-refractivity contribution in [2.75, 3.05) is 6.61 Å². The summed E-state index contributed by atoms with van der Waals surface area (Å²) in [4.78, 5) is 12.1. The van der Waals surface area contributed by atoms with Gasteiger partial charge in [-0.1, -0.05) is 41.4 Å². The number of carbonyl (C=O) groups is 1. The van der Waals surface area contributed by atoms with E-state index in [-0.39, 0.29) is 12.4 Å². The van der Waals surface area contributed by atoms with E-state index in [2.05, 4.69) is 0 Å². The van der Waals surface area contributed by atoms with Crippen molar-refractivity contribution in [1.29, 1.82) is 0 Å². The summed E-state index contributed by atoms with van der Waals surface area (Å²) in [5.74, 6) is 0.706. The molecule has 0 aliphatic heterocycles. The molecule has 2 aromatic carbocycles. The third-order valence-corrected chi connectivity index (χ3v) is 3.33. The molecule has 0 aromatic heterocycles. The Morgan fingerprint density at radius 3 is 2.35 bits per heavy atom. The summed E-state index contributed by atoms with van der Waals surface area (Å²) >= 11 is 5.88. The Labute approximate surface area is 124 Å². The van der Waals surface area contributed by atoms with Crippen LogP contribution in [0, 0.1) is 20.8 Å². The zero-order valence-electron chi connectivity index (χ0n) is 11.9. The molecule has 2 rings (SSSR count). The van der Waals surface area contributed by atoms with E-state index >= 15 is 0 Å². The molecular formula is C17H17ClO2. The van der Waals surface area contributed by atoms with Crippen molar-refractivity contribution >= 4 is 17.4 Å². The van der Waals surface area contributed by atoms with Crippen molar-refractivity contribution in [3.05, 3.63) is 63.7 Å². The predicted octanol–water partition coefficient (Wildman–Crippen LogP) is 4.53. The Kier molecular flexibility index (Phi) is 4.46. The summed E-state index contributed by atoms with van der Waals surface area (Å²) in [6.45, 7) is 6.03. The van der Waals surface area contributed by atoms with E-state index < -0.39 is 0 Å². The van der Waals surface area contributed by atoms with Crippen LogP contribution in [0.4, 0.5) is 0 Å². The molecule has 0 N–H and O–H groups in total. The highest BCUT2D eigenvalue weighted by molar-refractivity contribution is 6.31. The van der Waals surface area contributed by atoms with Gasteiger partial charge in [0, 0.05) is 10.6 Å². The molecule has 0 aliphatic carbocycles. The first kappa shape index (κ1) is 14.6. The summed E-state index contributed by atoms with van der Waals surface area (Å²) in [7, 11) is 0. The second-order valence-corrected chi connectivity index (χ2v) is 5.39. The van der Waals surface area contributed by atoms with Gasteiger partial charge in [-0.05, 0) is 44.0 Å². The van der Waals surface area contributed by atoms with E-state index in [1.54, 1.807) is 24.3 Å². The second-order valence-electron chi connectivity index (χ2n) is 4.95. The number of halogens is 1. The standard InChI is InChI=1S/C17H17ClO2/c1-11-7-12(2)17(13(3)8-11)20-10-16(19)14-5-4-6-15(18)9-14/h4-9H,10H2,1-3H3. The molecule has 2 nitrogen and oxygen atoms in total. The van der Waals surface area contributed by atoms with Gasteiger partial charge < -0.3 is 4.74 Å². The molecule has 0 aliphatic rings. The normalized spacial score (nSPS) is 10.4. The fraction of sp³-hybridized carbons (Fsp3) is 0.235. The largest absolute Gasteiger partial charge is 0.485 e. The molecule has 0 saturated carbocycles. The van der Waals surface area contributed by atoms with E-state index in [9.17, 15) is 4.79 Å². The van der Waals surface area contributed by atoms with Gasteiger partial charge in [-0.15, -0.1) is 0 Å². The van der Waals surface area contributed by atoms with Crippen LogP contribution in [-0.2, 0) is 0 Å². The number of hydrogen-bond acceptors (Lipinski definition) is 2. The van der Waals surface area contributed by atoms with Gasteiger partial charge in [-0.25, -0.2) is 0 Å². The predicted molar refractivity (Wildman–Crippen MR) is 81.9 cm³/mol. The maximum atomic E-state index is 12.1. The van der Waals surface area contributed by atoms with Gasteiger partial charge in [-0.2, -0.15) is 0 Å². The summed E-state index contributed by atoms with van der Waals surface area (Å²) in [5.41, 5.74) is 3.84. The number of ether oxygens (including phenoxy) is 1. The van der Waals surface area contributed by atoms with Crippen molar-refractivity contribution in [3.63, 3.8) is 0 Å². The third kappa shape index (κ3) is 3.40. The smallest absolute Gasteiger partial charge is 0.200 e. The fourth-order valence-corrected chi connectivity index (χ4v) is 2.47. The SMILES string of the molecule is Cc1cc(C)c(OCC(=O)c2cccc(Cl)c2)c(C)c1. The molecule has 2 aromatic rings. The number of aryl methyl sites for hydroxylation is 3. The van der Waals surface area contributed by atoms with Crippen molar-refractivity contribution in [3.8, 4) is 5.75 Å². The number of benzene rings is 2. The zero-order valence-corrected chi connectivity index (χ0v) is 12.6. The number of rotatable bonds is 4. The van der Waals surface area contributed by atoms with Gasteiger partial charge in [0.15, 0.2) is 12.4 Å². The maximum Gasteiger partial charge on any atom is 0.200 e. The van der Waals surface area contributed by atoms with Gasteiger partial charge in [0.1, 0.15) is 5.75 Å². The zero-order chi connectivity index (χ0) is 14.7. The third-order valence-electron chi connectivity index (χ3n) is 3.10. The Hall–Kier alpha value is -1.80. The van der Waals surface area contributed by atoms with Gasteiger partial charge in [-0.3, -0.25) is 4.79 Å². The molecule has 0 spiro atoms. The Morgan fingerprint density at radius 1 is 1.10 bits per heavy atom. The van der Waals surface area contributed by atoms with Crippen LogP contribution in [-0.4, -0.2) is 12.4 Å². The highest BCUT2D eigenvalue weighted by Gasteiger charge is 2.10. The van der Waals surface area contributed by atoms with E-state index in [0.29, 0.717) is 10.6 Å². The molecule has 20 heavy (non-hydrogen) atoms. The van der Waals surface area contributed by atoms with Crippen molar-refractivity contribution < 1.29 is 9.53 Å². The number of hydrogen-bond donors (Lipinski definition) is 0. The highest BCUT2D eigenvalue weighted by atomic mass is 35.5. The molecule has 104 valence electrons. The first-order valence-electron chi connectivity index (χ1n) is 6.47. The summed E-state index contributed by atoms with van der Waals surface area (Å²) < 4.78 is 5.69. The average molecular weight is 289 g/mol. The van der Waals surface area contributed by atoms with Gasteiger partial charge >= 0.3 is 0 Å². The molecule has 0 heterocycles. The summed E-state index contributed by atoms with van der Waals surface area (Å²) in [6.07, 6.45) is 0. The van der Waals surface area contributed by atoms with Crippen LogP contribution in [0.2, 0.25) is 5.02 Å². The highest BCUT2D eigenvalue weighted by Crippen LogP contribution is 2.24. The minimum atomic E-state index is -0.0770. The summed E-state index contributed by atoms with van der Waals surface area (Å²) in [5, 5.41) is 0.554. The maximum absolute atomic E-state index is 12.1. The van der Waals surface area contributed by atoms with Gasteiger partial charge in [0.2, 0.25) is 0 Å². The topological polar surface area (TPSA) is 26.3 Å². The average Bonchev–Trinajstić information content (AvgIpc) is 2.37. The van der Waals surface area contributed by atoms with E-state index in [4.69, 9.17) is 16.3 Å². The first-order valence-corrected chi connectivity index (χ1v) is 6.84. The molecule has 0 saturated heterocycles. The molecule has 0 amide bonds. The Bertz CT molecular complexity index is 624. The number of Topliss-reactive ketones (excluding diaryl/α,β-unsaturated/α-hetero) is 1. The van der Waals surface area contributed by atoms with Crippen LogP contribution in [0.25, 0.3) is 0 Å². The lowest BCUT2D eigenvalue weighted by molar-refractivity contribution is 0.0920. The van der Waals surface area contributed by atoms with E-state index in [0.717, 1.165) is 16.9 Å². The Balaban J connectivity index is 2.11. The molecule has 3 heteroatoms. The van der Waals surface area contributed by atoms with Crippen molar-refractivity contribution in [2.24, 2.45) is 0 Å². The van der Waals surface area contributed by atoms with Crippen LogP contribution in [0.5, 0.6) is 5.75 Å². The number of ketones is 1. The second kappa shape index (κ2) is 6.10. The molecule has 0 fully saturated rings. The van der Waals surface area contributed by atoms with Crippen LogP contribution >= 0.6 is 11.6 Å². The monoisotopic (exact) mass is 288 g/mol. The molecule has 0 bridgehead atoms. The Morgan fingerprint density at radius 2 is 1.75 bits per heavy atom. The van der Waals surface area contributed by atoms with E-state index in [1.807, 2.05) is 32.9 Å². The first-order chi connectivity index (χ1) is 9.47. The van der Waals surface area contributed by atoms with E-state index in [1.165, 1.54) is 5.56 Å². The van der Waals surface area contributed by atoms with Crippen LogP contribution < -0.4 is 4.74 Å². The lowest BCUT2D eigenvalue weighted by Gasteiger charge is -2.12. The van der Waals surface area contributed by atoms with Crippen molar-refractivity contribution in [1.82, 2.24) is 0 Å². The minimum Gasteiger partial charge on any atom is -0.485 e. The quantitative estimate of drug-likeness (QED) is 0.773. The van der Waals surface area contributed by atoms with Crippen LogP contribution in [0.15, 0.2) is 36.4 Å². The van der Waals surface area contributed by atoms with Crippen molar-refractivity contribution in [2.45, 2.75) is 20.8 Å². The number of carbonyl (C=O) groups excluding carboxylic acids is 1. The fourth-order valence-electron chi connectivity index (χ4n) is 2.28. The lowest BCUT2D eigenvalue weighted by Crippen LogP contribution is -2.12. The molecule has 0 radical (unpaired) electrons. The van der Waals surface area contributed by atoms with Gasteiger partial charge in [0.05, 0.1) is 0 Å². The molecule has 0 unspecified atom stereocenters. The summed E-state index contributed by atoms with van der Waals surface area (Å²) in [6, 6.07) is 11.0.